The molecule has 2 aliphatic rings. The maximum absolute atomic E-state index is 12.5. The molecule has 1 saturated carbocycles. The number of fused-ring (bicyclic) bond motifs is 1. The number of carbonyl (C=O) groups excluding carboxylic acids is 1. The third-order valence-electron chi connectivity index (χ3n) is 5.10. The molecular formula is C18H26N2O. The van der Waals surface area contributed by atoms with Crippen LogP contribution in [-0.2, 0) is 11.2 Å². The number of carbonyl (C=O) groups is 1. The second-order valence-electron chi connectivity index (χ2n) is 6.47. The van der Waals surface area contributed by atoms with Crippen LogP contribution in [0.4, 0.5) is 0 Å². The van der Waals surface area contributed by atoms with E-state index in [4.69, 9.17) is 0 Å². The predicted molar refractivity (Wildman–Crippen MR) is 85.1 cm³/mol. The third-order valence-corrected chi connectivity index (χ3v) is 5.10. The molecule has 3 heteroatoms. The Balaban J connectivity index is 1.62. The number of nitrogens with one attached hydrogen (secondary N) is 1. The van der Waals surface area contributed by atoms with E-state index in [1.165, 1.54) is 43.2 Å². The van der Waals surface area contributed by atoms with Gasteiger partial charge in [0.25, 0.3) is 0 Å². The molecule has 0 radical (unpaired) electrons. The first kappa shape index (κ1) is 14.6. The molecule has 3 rings (SSSR count). The van der Waals surface area contributed by atoms with Crippen molar-refractivity contribution in [2.75, 3.05) is 13.6 Å². The lowest BCUT2D eigenvalue weighted by Gasteiger charge is -2.33. The van der Waals surface area contributed by atoms with Crippen molar-refractivity contribution in [2.24, 2.45) is 0 Å². The van der Waals surface area contributed by atoms with Crippen molar-refractivity contribution in [1.29, 1.82) is 0 Å². The molecule has 0 heterocycles. The highest BCUT2D eigenvalue weighted by Gasteiger charge is 2.26. The number of amides is 1. The zero-order valence-corrected chi connectivity index (χ0v) is 13.0. The summed E-state index contributed by atoms with van der Waals surface area (Å²) in [6, 6.07) is 9.40. The number of hydrogen-bond acceptors (Lipinski definition) is 2. The van der Waals surface area contributed by atoms with Crippen LogP contribution >= 0.6 is 0 Å². The average molecular weight is 286 g/mol. The van der Waals surface area contributed by atoms with Crippen LogP contribution in [0.15, 0.2) is 24.3 Å². The standard InChI is InChI=1S/C18H26N2O/c1-20(18(21)13-19-15-9-3-4-10-15)17-12-6-8-14-7-2-5-11-16(14)17/h2,5,7,11,15,17,19H,3-4,6,8-10,12-13H2,1H3. The highest BCUT2D eigenvalue weighted by Crippen LogP contribution is 2.33. The largest absolute Gasteiger partial charge is 0.338 e. The summed E-state index contributed by atoms with van der Waals surface area (Å²) < 4.78 is 0. The molecule has 3 nitrogen and oxygen atoms in total. The van der Waals surface area contributed by atoms with Crippen LogP contribution in [0.2, 0.25) is 0 Å². The van der Waals surface area contributed by atoms with Gasteiger partial charge in [-0.25, -0.2) is 0 Å². The van der Waals surface area contributed by atoms with Crippen LogP contribution in [0.5, 0.6) is 0 Å². The van der Waals surface area contributed by atoms with Crippen molar-refractivity contribution < 1.29 is 4.79 Å². The van der Waals surface area contributed by atoms with E-state index in [9.17, 15) is 4.79 Å². The molecule has 1 unspecified atom stereocenters. The van der Waals surface area contributed by atoms with Gasteiger partial charge in [-0.05, 0) is 43.2 Å². The molecule has 1 aromatic carbocycles. The Bertz CT molecular complexity index is 494. The van der Waals surface area contributed by atoms with E-state index < -0.39 is 0 Å². The summed E-state index contributed by atoms with van der Waals surface area (Å²) in [5.41, 5.74) is 2.76. The highest BCUT2D eigenvalue weighted by atomic mass is 16.2. The molecule has 114 valence electrons. The van der Waals surface area contributed by atoms with Gasteiger partial charge in [-0.1, -0.05) is 37.1 Å². The summed E-state index contributed by atoms with van der Waals surface area (Å²) in [6.07, 6.45) is 8.47. The van der Waals surface area contributed by atoms with Crippen molar-refractivity contribution in [3.05, 3.63) is 35.4 Å². The van der Waals surface area contributed by atoms with Gasteiger partial charge in [0.05, 0.1) is 12.6 Å². The first-order valence-electron chi connectivity index (χ1n) is 8.32. The molecule has 1 aromatic rings. The quantitative estimate of drug-likeness (QED) is 0.922. The highest BCUT2D eigenvalue weighted by molar-refractivity contribution is 5.78. The van der Waals surface area contributed by atoms with Crippen molar-refractivity contribution in [2.45, 2.75) is 57.0 Å². The molecule has 0 spiro atoms. The minimum Gasteiger partial charge on any atom is -0.338 e. The van der Waals surface area contributed by atoms with Gasteiger partial charge in [0.15, 0.2) is 0 Å². The van der Waals surface area contributed by atoms with Gasteiger partial charge in [-0.15, -0.1) is 0 Å². The van der Waals surface area contributed by atoms with Gasteiger partial charge in [0.2, 0.25) is 5.91 Å². The second-order valence-corrected chi connectivity index (χ2v) is 6.47. The van der Waals surface area contributed by atoms with Gasteiger partial charge in [-0.3, -0.25) is 4.79 Å². The molecule has 21 heavy (non-hydrogen) atoms. The number of likely N-dealkylation sites (N-methyl/N-ethyl adjacent to an activating group) is 1. The Morgan fingerprint density at radius 2 is 1.95 bits per heavy atom. The fraction of sp³-hybridized carbons (Fsp3) is 0.611. The minimum atomic E-state index is 0.226. The van der Waals surface area contributed by atoms with Crippen molar-refractivity contribution in [3.63, 3.8) is 0 Å². The van der Waals surface area contributed by atoms with Gasteiger partial charge in [0.1, 0.15) is 0 Å². The van der Waals surface area contributed by atoms with Gasteiger partial charge in [0, 0.05) is 13.1 Å². The molecule has 0 bridgehead atoms. The summed E-state index contributed by atoms with van der Waals surface area (Å²) in [6.45, 7) is 0.486. The summed E-state index contributed by atoms with van der Waals surface area (Å²) in [5.74, 6) is 0.226. The summed E-state index contributed by atoms with van der Waals surface area (Å²) in [7, 11) is 1.96. The number of aryl methyl sites for hydroxylation is 1. The van der Waals surface area contributed by atoms with Crippen LogP contribution in [0.1, 0.15) is 55.7 Å². The Morgan fingerprint density at radius 1 is 1.19 bits per heavy atom. The van der Waals surface area contributed by atoms with Crippen LogP contribution in [0.25, 0.3) is 0 Å². The zero-order valence-electron chi connectivity index (χ0n) is 13.0. The Labute approximate surface area is 127 Å². The normalized spacial score (nSPS) is 22.0. The van der Waals surface area contributed by atoms with Crippen molar-refractivity contribution in [3.8, 4) is 0 Å². The number of nitrogens with zero attached hydrogens (tertiary/aromatic N) is 1. The van der Waals surface area contributed by atoms with E-state index in [0.29, 0.717) is 12.6 Å². The maximum atomic E-state index is 12.5. The minimum absolute atomic E-state index is 0.226. The lowest BCUT2D eigenvalue weighted by Crippen LogP contribution is -2.41. The monoisotopic (exact) mass is 286 g/mol. The van der Waals surface area contributed by atoms with Gasteiger partial charge >= 0.3 is 0 Å². The number of hydrogen-bond donors (Lipinski definition) is 1. The van der Waals surface area contributed by atoms with Gasteiger partial charge < -0.3 is 10.2 Å². The third kappa shape index (κ3) is 3.29. The second kappa shape index (κ2) is 6.61. The van der Waals surface area contributed by atoms with Crippen LogP contribution in [0, 0.1) is 0 Å². The van der Waals surface area contributed by atoms with Crippen LogP contribution in [0.3, 0.4) is 0 Å². The molecule has 1 atom stereocenters. The summed E-state index contributed by atoms with van der Waals surface area (Å²) in [4.78, 5) is 14.4. The number of rotatable bonds is 4. The molecule has 1 fully saturated rings. The molecule has 1 N–H and O–H groups in total. The van der Waals surface area contributed by atoms with E-state index in [1.54, 1.807) is 0 Å². The Kier molecular flexibility index (Phi) is 4.59. The summed E-state index contributed by atoms with van der Waals surface area (Å²) >= 11 is 0. The molecule has 1 amide bonds. The molecule has 2 aliphatic carbocycles. The lowest BCUT2D eigenvalue weighted by atomic mass is 9.87. The van der Waals surface area contributed by atoms with Crippen LogP contribution < -0.4 is 5.32 Å². The molecule has 0 saturated heterocycles. The SMILES string of the molecule is CN(C(=O)CNC1CCCC1)C1CCCc2ccccc21. The molecule has 0 aromatic heterocycles. The topological polar surface area (TPSA) is 32.3 Å². The predicted octanol–water partition coefficient (Wildman–Crippen LogP) is 3.05. The van der Waals surface area contributed by atoms with Crippen LogP contribution in [-0.4, -0.2) is 30.4 Å². The lowest BCUT2D eigenvalue weighted by molar-refractivity contribution is -0.131. The van der Waals surface area contributed by atoms with Crippen molar-refractivity contribution >= 4 is 5.91 Å². The van der Waals surface area contributed by atoms with E-state index in [1.807, 2.05) is 11.9 Å². The first-order chi connectivity index (χ1) is 10.3. The Morgan fingerprint density at radius 3 is 2.76 bits per heavy atom. The maximum Gasteiger partial charge on any atom is 0.236 e. The Hall–Kier alpha value is -1.35. The van der Waals surface area contributed by atoms with E-state index in [-0.39, 0.29) is 11.9 Å². The molecule has 0 aliphatic heterocycles. The van der Waals surface area contributed by atoms with E-state index in [2.05, 4.69) is 29.6 Å². The van der Waals surface area contributed by atoms with E-state index >= 15 is 0 Å². The average Bonchev–Trinajstić information content (AvgIpc) is 3.05. The number of benzene rings is 1. The van der Waals surface area contributed by atoms with E-state index in [0.717, 1.165) is 12.8 Å². The zero-order chi connectivity index (χ0) is 14.7. The summed E-state index contributed by atoms with van der Waals surface area (Å²) in [5, 5.41) is 3.43. The molecular weight excluding hydrogens is 260 g/mol. The van der Waals surface area contributed by atoms with Gasteiger partial charge in [-0.2, -0.15) is 0 Å². The smallest absolute Gasteiger partial charge is 0.236 e. The fourth-order valence-electron chi connectivity index (χ4n) is 3.79. The fourth-order valence-corrected chi connectivity index (χ4v) is 3.79. The first-order valence-corrected chi connectivity index (χ1v) is 8.32. The van der Waals surface area contributed by atoms with Crippen molar-refractivity contribution in [1.82, 2.24) is 10.2 Å².